The zero-order valence-corrected chi connectivity index (χ0v) is 18.7. The molecule has 2 unspecified atom stereocenters. The summed E-state index contributed by atoms with van der Waals surface area (Å²) in [5.41, 5.74) is 1.04. The van der Waals surface area contributed by atoms with Crippen LogP contribution in [-0.2, 0) is 9.53 Å². The third-order valence-corrected chi connectivity index (χ3v) is 7.18. The molecule has 0 radical (unpaired) electrons. The summed E-state index contributed by atoms with van der Waals surface area (Å²) < 4.78 is 5.42. The fraction of sp³-hybridized carbons (Fsp3) is 0.636. The maximum atomic E-state index is 13.3. The normalized spacial score (nSPS) is 21.9. The van der Waals surface area contributed by atoms with E-state index in [1.54, 1.807) is 0 Å². The minimum absolute atomic E-state index is 0.164. The van der Waals surface area contributed by atoms with Crippen LogP contribution >= 0.6 is 11.8 Å². The molecule has 0 spiro atoms. The molecule has 2 heterocycles. The van der Waals surface area contributed by atoms with E-state index in [0.717, 1.165) is 30.4 Å². The van der Waals surface area contributed by atoms with Crippen LogP contribution in [0.25, 0.3) is 0 Å². The molecule has 0 aromatic heterocycles. The number of guanidine groups is 1. The highest BCUT2D eigenvalue weighted by molar-refractivity contribution is 8.00. The molecule has 1 amide bonds. The number of rotatable bonds is 5. The van der Waals surface area contributed by atoms with Crippen molar-refractivity contribution in [2.24, 2.45) is 10.9 Å². The van der Waals surface area contributed by atoms with Gasteiger partial charge in [-0.1, -0.05) is 44.2 Å². The van der Waals surface area contributed by atoms with Crippen LogP contribution in [0, 0.1) is 5.92 Å². The Balaban J connectivity index is 1.69. The van der Waals surface area contributed by atoms with E-state index in [2.05, 4.69) is 40.8 Å². The van der Waals surface area contributed by atoms with Crippen LogP contribution in [0.5, 0.6) is 0 Å². The van der Waals surface area contributed by atoms with E-state index < -0.39 is 0 Å². The number of morpholine rings is 1. The number of thioether (sulfide) groups is 1. The highest BCUT2D eigenvalue weighted by atomic mass is 32.2. The summed E-state index contributed by atoms with van der Waals surface area (Å²) in [6.45, 7) is 9.65. The van der Waals surface area contributed by atoms with E-state index >= 15 is 0 Å². The Morgan fingerprint density at radius 2 is 1.93 bits per heavy atom. The lowest BCUT2D eigenvalue weighted by molar-refractivity contribution is -0.136. The summed E-state index contributed by atoms with van der Waals surface area (Å²) in [6, 6.07) is 10.1. The van der Waals surface area contributed by atoms with Gasteiger partial charge in [-0.25, -0.2) is 0 Å². The highest BCUT2D eigenvalue weighted by Crippen LogP contribution is 2.25. The Bertz CT molecular complexity index is 677. The number of hydrogen-bond acceptors (Lipinski definition) is 4. The van der Waals surface area contributed by atoms with Gasteiger partial charge in [0.15, 0.2) is 5.96 Å². The number of carbonyl (C=O) groups excluding carboxylic acids is 1. The zero-order chi connectivity index (χ0) is 20.6. The van der Waals surface area contributed by atoms with Crippen molar-refractivity contribution in [3.05, 3.63) is 35.9 Å². The van der Waals surface area contributed by atoms with Gasteiger partial charge < -0.3 is 19.9 Å². The predicted octanol–water partition coefficient (Wildman–Crippen LogP) is 2.28. The Morgan fingerprint density at radius 3 is 2.59 bits per heavy atom. The van der Waals surface area contributed by atoms with Crippen molar-refractivity contribution >= 4 is 23.6 Å². The number of amides is 1. The molecule has 0 aliphatic carbocycles. The molecule has 2 aliphatic heterocycles. The quantitative estimate of drug-likeness (QED) is 0.587. The lowest BCUT2D eigenvalue weighted by Gasteiger charge is -2.37. The van der Waals surface area contributed by atoms with E-state index in [0.29, 0.717) is 44.0 Å². The van der Waals surface area contributed by atoms with Gasteiger partial charge in [0.05, 0.1) is 19.1 Å². The van der Waals surface area contributed by atoms with Gasteiger partial charge in [-0.3, -0.25) is 9.79 Å². The number of ether oxygens (including phenoxy) is 1. The topological polar surface area (TPSA) is 57.2 Å². The summed E-state index contributed by atoms with van der Waals surface area (Å²) in [7, 11) is 1.83. The minimum atomic E-state index is -0.230. The summed E-state index contributed by atoms with van der Waals surface area (Å²) in [4.78, 5) is 22.1. The molecule has 29 heavy (non-hydrogen) atoms. The van der Waals surface area contributed by atoms with Crippen LogP contribution < -0.4 is 5.32 Å². The summed E-state index contributed by atoms with van der Waals surface area (Å²) in [5.74, 6) is 2.58. The van der Waals surface area contributed by atoms with E-state index in [9.17, 15) is 4.79 Å². The standard InChI is InChI=1S/C22H34N4O2S/c1-17(2)20-16-26(11-14-29-20)22(23-3)24-15-19(18-7-5-4-6-8-18)21(27)25-9-12-28-13-10-25/h4-8,17,19-20H,9-16H2,1-3H3,(H,23,24). The first-order chi connectivity index (χ1) is 14.1. The van der Waals surface area contributed by atoms with Gasteiger partial charge in [0.2, 0.25) is 5.91 Å². The Kier molecular flexibility index (Phi) is 8.24. The molecule has 1 aromatic rings. The van der Waals surface area contributed by atoms with Gasteiger partial charge in [0.1, 0.15) is 0 Å². The average Bonchev–Trinajstić information content (AvgIpc) is 2.77. The van der Waals surface area contributed by atoms with E-state index in [-0.39, 0.29) is 11.8 Å². The van der Waals surface area contributed by atoms with Crippen molar-refractivity contribution in [1.82, 2.24) is 15.1 Å². The van der Waals surface area contributed by atoms with Crippen LogP contribution in [0.15, 0.2) is 35.3 Å². The molecule has 0 bridgehead atoms. The van der Waals surface area contributed by atoms with Gasteiger partial charge in [-0.15, -0.1) is 0 Å². The number of benzene rings is 1. The van der Waals surface area contributed by atoms with E-state index in [1.165, 1.54) is 0 Å². The number of carbonyl (C=O) groups is 1. The molecule has 2 saturated heterocycles. The van der Waals surface area contributed by atoms with Crippen LogP contribution in [-0.4, -0.2) is 85.7 Å². The van der Waals surface area contributed by atoms with Crippen LogP contribution in [0.4, 0.5) is 0 Å². The fourth-order valence-electron chi connectivity index (χ4n) is 3.83. The molecule has 160 valence electrons. The Morgan fingerprint density at radius 1 is 1.21 bits per heavy atom. The first-order valence-corrected chi connectivity index (χ1v) is 11.6. The van der Waals surface area contributed by atoms with Crippen LogP contribution in [0.1, 0.15) is 25.3 Å². The highest BCUT2D eigenvalue weighted by Gasteiger charge is 2.29. The smallest absolute Gasteiger partial charge is 0.232 e. The summed E-state index contributed by atoms with van der Waals surface area (Å²) >= 11 is 2.05. The molecule has 1 aromatic carbocycles. The molecule has 2 atom stereocenters. The molecule has 6 nitrogen and oxygen atoms in total. The third-order valence-electron chi connectivity index (χ3n) is 5.64. The number of aliphatic imine (C=N–C) groups is 1. The van der Waals surface area contributed by atoms with Crippen molar-refractivity contribution < 1.29 is 9.53 Å². The lowest BCUT2D eigenvalue weighted by atomic mass is 9.97. The maximum absolute atomic E-state index is 13.3. The second-order valence-electron chi connectivity index (χ2n) is 7.93. The van der Waals surface area contributed by atoms with Gasteiger partial charge >= 0.3 is 0 Å². The molecule has 1 N–H and O–H groups in total. The van der Waals surface area contributed by atoms with Crippen molar-refractivity contribution in [2.75, 3.05) is 58.7 Å². The zero-order valence-electron chi connectivity index (χ0n) is 17.8. The average molecular weight is 419 g/mol. The van der Waals surface area contributed by atoms with Crippen molar-refractivity contribution in [3.63, 3.8) is 0 Å². The number of hydrogen-bond donors (Lipinski definition) is 1. The first kappa shape index (κ1) is 22.0. The second kappa shape index (κ2) is 10.9. The van der Waals surface area contributed by atoms with E-state index in [4.69, 9.17) is 4.74 Å². The number of nitrogens with one attached hydrogen (secondary N) is 1. The van der Waals surface area contributed by atoms with Crippen molar-refractivity contribution in [1.29, 1.82) is 0 Å². The van der Waals surface area contributed by atoms with Gasteiger partial charge in [0, 0.05) is 50.8 Å². The molecule has 0 saturated carbocycles. The Hall–Kier alpha value is -1.73. The van der Waals surface area contributed by atoms with Crippen molar-refractivity contribution in [2.45, 2.75) is 25.0 Å². The van der Waals surface area contributed by atoms with Crippen molar-refractivity contribution in [3.8, 4) is 0 Å². The third kappa shape index (κ3) is 5.89. The maximum Gasteiger partial charge on any atom is 0.232 e. The molecule has 2 aliphatic rings. The molecule has 2 fully saturated rings. The van der Waals surface area contributed by atoms with Gasteiger partial charge in [-0.2, -0.15) is 11.8 Å². The van der Waals surface area contributed by atoms with Gasteiger partial charge in [-0.05, 0) is 11.5 Å². The monoisotopic (exact) mass is 418 g/mol. The van der Waals surface area contributed by atoms with E-state index in [1.807, 2.05) is 42.3 Å². The summed E-state index contributed by atoms with van der Waals surface area (Å²) in [6.07, 6.45) is 0. The second-order valence-corrected chi connectivity index (χ2v) is 9.28. The van der Waals surface area contributed by atoms with Crippen LogP contribution in [0.2, 0.25) is 0 Å². The SMILES string of the molecule is CN=C(NCC(C(=O)N1CCOCC1)c1ccccc1)N1CCSC(C(C)C)C1. The van der Waals surface area contributed by atoms with Gasteiger partial charge in [0.25, 0.3) is 0 Å². The molecule has 3 rings (SSSR count). The van der Waals surface area contributed by atoms with Crippen LogP contribution in [0.3, 0.4) is 0 Å². The lowest BCUT2D eigenvalue weighted by Crippen LogP contribution is -2.51. The minimum Gasteiger partial charge on any atom is -0.378 e. The first-order valence-electron chi connectivity index (χ1n) is 10.6. The predicted molar refractivity (Wildman–Crippen MR) is 121 cm³/mol. The molecular formula is C22H34N4O2S. The summed E-state index contributed by atoms with van der Waals surface area (Å²) in [5, 5.41) is 4.12. The fourth-order valence-corrected chi connectivity index (χ4v) is 5.13. The molecule has 7 heteroatoms. The Labute approximate surface area is 179 Å². The molecular weight excluding hydrogens is 384 g/mol. The number of nitrogens with zero attached hydrogens (tertiary/aromatic N) is 3. The largest absolute Gasteiger partial charge is 0.378 e.